The summed E-state index contributed by atoms with van der Waals surface area (Å²) in [5.41, 5.74) is 1.38. The molecule has 0 radical (unpaired) electrons. The van der Waals surface area contributed by atoms with E-state index < -0.39 is 0 Å². The third-order valence-electron chi connectivity index (χ3n) is 2.06. The Morgan fingerprint density at radius 2 is 2.30 bits per heavy atom. The van der Waals surface area contributed by atoms with Crippen LogP contribution >= 0.6 is 0 Å². The minimum Gasteiger partial charge on any atom is -0.392 e. The van der Waals surface area contributed by atoms with Crippen molar-refractivity contribution < 1.29 is 0 Å². The van der Waals surface area contributed by atoms with E-state index in [1.807, 2.05) is 14.1 Å². The van der Waals surface area contributed by atoms with Crippen LogP contribution in [0.25, 0.3) is 0 Å². The highest BCUT2D eigenvalue weighted by molar-refractivity contribution is 5.07. The first-order valence-electron chi connectivity index (χ1n) is 3.92. The Hall–Kier alpha value is -0.500. The first-order chi connectivity index (χ1) is 4.86. The number of hydrogen-bond donors (Lipinski definition) is 2. The SMILES string of the molecule is CNC1=CC(NC)CCC1. The van der Waals surface area contributed by atoms with Crippen molar-refractivity contribution in [2.24, 2.45) is 0 Å². The van der Waals surface area contributed by atoms with E-state index in [0.717, 1.165) is 0 Å². The molecule has 0 aliphatic heterocycles. The van der Waals surface area contributed by atoms with Gasteiger partial charge in [0.1, 0.15) is 0 Å². The lowest BCUT2D eigenvalue weighted by molar-refractivity contribution is 0.541. The van der Waals surface area contributed by atoms with Crippen LogP contribution in [0.4, 0.5) is 0 Å². The monoisotopic (exact) mass is 140 g/mol. The van der Waals surface area contributed by atoms with Crippen LogP contribution in [0, 0.1) is 0 Å². The van der Waals surface area contributed by atoms with Crippen LogP contribution in [0.1, 0.15) is 19.3 Å². The molecule has 0 saturated carbocycles. The fourth-order valence-corrected chi connectivity index (χ4v) is 1.36. The Morgan fingerprint density at radius 1 is 1.50 bits per heavy atom. The summed E-state index contributed by atoms with van der Waals surface area (Å²) >= 11 is 0. The zero-order valence-corrected chi connectivity index (χ0v) is 6.78. The number of rotatable bonds is 2. The van der Waals surface area contributed by atoms with Crippen molar-refractivity contribution in [3.63, 3.8) is 0 Å². The van der Waals surface area contributed by atoms with Crippen molar-refractivity contribution in [3.05, 3.63) is 11.8 Å². The molecule has 2 N–H and O–H groups in total. The molecule has 1 unspecified atom stereocenters. The van der Waals surface area contributed by atoms with E-state index in [0.29, 0.717) is 6.04 Å². The summed E-state index contributed by atoms with van der Waals surface area (Å²) in [5.74, 6) is 0. The maximum absolute atomic E-state index is 3.25. The van der Waals surface area contributed by atoms with Crippen molar-refractivity contribution in [3.8, 4) is 0 Å². The topological polar surface area (TPSA) is 24.1 Å². The molecule has 58 valence electrons. The molecule has 0 amide bonds. The average molecular weight is 140 g/mol. The summed E-state index contributed by atoms with van der Waals surface area (Å²) < 4.78 is 0. The van der Waals surface area contributed by atoms with Gasteiger partial charge in [-0.2, -0.15) is 0 Å². The van der Waals surface area contributed by atoms with Crippen molar-refractivity contribution >= 4 is 0 Å². The third-order valence-corrected chi connectivity index (χ3v) is 2.06. The van der Waals surface area contributed by atoms with Gasteiger partial charge in [0.25, 0.3) is 0 Å². The lowest BCUT2D eigenvalue weighted by Gasteiger charge is -2.19. The first kappa shape index (κ1) is 7.61. The number of allylic oxidation sites excluding steroid dienone is 1. The van der Waals surface area contributed by atoms with Gasteiger partial charge in [0.05, 0.1) is 0 Å². The van der Waals surface area contributed by atoms with Gasteiger partial charge in [0.15, 0.2) is 0 Å². The maximum atomic E-state index is 3.25. The van der Waals surface area contributed by atoms with E-state index in [9.17, 15) is 0 Å². The molecule has 1 aliphatic rings. The van der Waals surface area contributed by atoms with Crippen LogP contribution in [0.15, 0.2) is 11.8 Å². The molecule has 0 aromatic rings. The van der Waals surface area contributed by atoms with Crippen LogP contribution in [0.5, 0.6) is 0 Å². The Bertz CT molecular complexity index is 129. The fourth-order valence-electron chi connectivity index (χ4n) is 1.36. The maximum Gasteiger partial charge on any atom is 0.0266 e. The van der Waals surface area contributed by atoms with Crippen LogP contribution in [0.2, 0.25) is 0 Å². The molecule has 1 aliphatic carbocycles. The first-order valence-corrected chi connectivity index (χ1v) is 3.92. The molecule has 2 heteroatoms. The Kier molecular flexibility index (Phi) is 2.75. The van der Waals surface area contributed by atoms with Crippen molar-refractivity contribution in [1.29, 1.82) is 0 Å². The lowest BCUT2D eigenvalue weighted by Crippen LogP contribution is -2.27. The zero-order chi connectivity index (χ0) is 7.40. The molecule has 0 saturated heterocycles. The molecule has 1 rings (SSSR count). The molecule has 10 heavy (non-hydrogen) atoms. The van der Waals surface area contributed by atoms with E-state index in [2.05, 4.69) is 16.7 Å². The Balaban J connectivity index is 2.48. The summed E-state index contributed by atoms with van der Waals surface area (Å²) in [7, 11) is 4.00. The van der Waals surface area contributed by atoms with Gasteiger partial charge < -0.3 is 10.6 Å². The standard InChI is InChI=1S/C8H16N2/c1-9-7-4-3-5-8(6-7)10-2/h6-7,9-10H,3-5H2,1-2H3. The molecule has 0 spiro atoms. The van der Waals surface area contributed by atoms with Crippen molar-refractivity contribution in [2.45, 2.75) is 25.3 Å². The van der Waals surface area contributed by atoms with Gasteiger partial charge in [0, 0.05) is 18.8 Å². The molecular formula is C8H16N2. The number of likely N-dealkylation sites (N-methyl/N-ethyl adjacent to an activating group) is 1. The number of nitrogens with one attached hydrogen (secondary N) is 2. The summed E-state index contributed by atoms with van der Waals surface area (Å²) in [4.78, 5) is 0. The van der Waals surface area contributed by atoms with E-state index in [1.165, 1.54) is 25.0 Å². The zero-order valence-electron chi connectivity index (χ0n) is 6.78. The highest BCUT2D eigenvalue weighted by Crippen LogP contribution is 2.14. The smallest absolute Gasteiger partial charge is 0.0266 e. The second kappa shape index (κ2) is 3.62. The van der Waals surface area contributed by atoms with Gasteiger partial charge in [-0.25, -0.2) is 0 Å². The van der Waals surface area contributed by atoms with Gasteiger partial charge in [0.2, 0.25) is 0 Å². The lowest BCUT2D eigenvalue weighted by atomic mass is 10.0. The summed E-state index contributed by atoms with van der Waals surface area (Å²) in [6.45, 7) is 0. The van der Waals surface area contributed by atoms with Gasteiger partial charge >= 0.3 is 0 Å². The molecule has 0 aromatic heterocycles. The van der Waals surface area contributed by atoms with Gasteiger partial charge in [-0.05, 0) is 32.4 Å². The molecule has 0 aromatic carbocycles. The normalized spacial score (nSPS) is 25.8. The predicted octanol–water partition coefficient (Wildman–Crippen LogP) is 0.862. The van der Waals surface area contributed by atoms with E-state index >= 15 is 0 Å². The average Bonchev–Trinajstić information content (AvgIpc) is 2.05. The van der Waals surface area contributed by atoms with Gasteiger partial charge in [-0.15, -0.1) is 0 Å². The second-order valence-corrected chi connectivity index (χ2v) is 2.73. The quantitative estimate of drug-likeness (QED) is 0.594. The minimum atomic E-state index is 0.594. The van der Waals surface area contributed by atoms with Gasteiger partial charge in [-0.3, -0.25) is 0 Å². The van der Waals surface area contributed by atoms with E-state index in [-0.39, 0.29) is 0 Å². The number of hydrogen-bond acceptors (Lipinski definition) is 2. The van der Waals surface area contributed by atoms with Crippen LogP contribution < -0.4 is 10.6 Å². The summed E-state index contributed by atoms with van der Waals surface area (Å²) in [6.07, 6.45) is 6.08. The van der Waals surface area contributed by atoms with Gasteiger partial charge in [-0.1, -0.05) is 0 Å². The van der Waals surface area contributed by atoms with Crippen LogP contribution in [-0.2, 0) is 0 Å². The van der Waals surface area contributed by atoms with E-state index in [1.54, 1.807) is 0 Å². The molecule has 1 atom stereocenters. The van der Waals surface area contributed by atoms with Crippen LogP contribution in [0.3, 0.4) is 0 Å². The summed E-state index contributed by atoms with van der Waals surface area (Å²) in [5, 5.41) is 6.44. The minimum absolute atomic E-state index is 0.594. The van der Waals surface area contributed by atoms with Crippen molar-refractivity contribution in [2.75, 3.05) is 14.1 Å². The Morgan fingerprint density at radius 3 is 2.90 bits per heavy atom. The van der Waals surface area contributed by atoms with Crippen LogP contribution in [-0.4, -0.2) is 20.1 Å². The third kappa shape index (κ3) is 1.74. The highest BCUT2D eigenvalue weighted by Gasteiger charge is 2.09. The van der Waals surface area contributed by atoms with Crippen molar-refractivity contribution in [1.82, 2.24) is 10.6 Å². The molecule has 2 nitrogen and oxygen atoms in total. The largest absolute Gasteiger partial charge is 0.392 e. The predicted molar refractivity (Wildman–Crippen MR) is 43.8 cm³/mol. The molecular weight excluding hydrogens is 124 g/mol. The highest BCUT2D eigenvalue weighted by atomic mass is 14.9. The molecule has 0 bridgehead atoms. The molecule has 0 fully saturated rings. The fraction of sp³-hybridized carbons (Fsp3) is 0.750. The second-order valence-electron chi connectivity index (χ2n) is 2.73. The molecule has 0 heterocycles. The van der Waals surface area contributed by atoms with E-state index in [4.69, 9.17) is 0 Å². The summed E-state index contributed by atoms with van der Waals surface area (Å²) in [6, 6.07) is 0.594. The Labute approximate surface area is 62.7 Å².